The summed E-state index contributed by atoms with van der Waals surface area (Å²) in [6.45, 7) is 0.447. The largest absolute Gasteiger partial charge is 0.364 e. The van der Waals surface area contributed by atoms with Gasteiger partial charge in [0.1, 0.15) is 6.10 Å². The number of nitrogens with two attached hydrogens (primary N) is 1. The van der Waals surface area contributed by atoms with Crippen molar-refractivity contribution in [2.24, 2.45) is 5.73 Å². The lowest BCUT2D eigenvalue weighted by molar-refractivity contribution is -0.126. The van der Waals surface area contributed by atoms with Gasteiger partial charge in [0.25, 0.3) is 5.91 Å². The van der Waals surface area contributed by atoms with Crippen molar-refractivity contribution in [2.75, 3.05) is 17.2 Å². The molecule has 1 aromatic carbocycles. The van der Waals surface area contributed by atoms with Crippen molar-refractivity contribution < 1.29 is 14.3 Å². The standard InChI is InChI=1S/C16H21N3O3/c17-9-12-5-7-14(22-12)16(21)18-11-4-6-13-10(8-11)2-1-3-15(20)19-13/h4,6,8,12,14H,1-3,5,7,9,17H2,(H,18,21)(H,19,20)/t12-,14+/m1/s1. The van der Waals surface area contributed by atoms with E-state index in [2.05, 4.69) is 10.6 Å². The highest BCUT2D eigenvalue weighted by molar-refractivity contribution is 5.96. The first kappa shape index (κ1) is 15.0. The second-order valence-corrected chi connectivity index (χ2v) is 5.82. The molecule has 0 radical (unpaired) electrons. The molecular formula is C16H21N3O3. The number of benzene rings is 1. The number of carbonyl (C=O) groups is 2. The van der Waals surface area contributed by atoms with E-state index in [9.17, 15) is 9.59 Å². The molecule has 2 aliphatic heterocycles. The predicted molar refractivity (Wildman–Crippen MR) is 83.6 cm³/mol. The molecule has 6 heteroatoms. The smallest absolute Gasteiger partial charge is 0.253 e. The van der Waals surface area contributed by atoms with Crippen LogP contribution in [0, 0.1) is 0 Å². The average molecular weight is 303 g/mol. The van der Waals surface area contributed by atoms with Gasteiger partial charge in [-0.05, 0) is 49.4 Å². The molecule has 0 aromatic heterocycles. The summed E-state index contributed by atoms with van der Waals surface area (Å²) in [6, 6.07) is 5.57. The molecule has 3 rings (SSSR count). The Morgan fingerprint density at radius 3 is 3.00 bits per heavy atom. The number of rotatable bonds is 3. The first-order chi connectivity index (χ1) is 10.7. The van der Waals surface area contributed by atoms with E-state index >= 15 is 0 Å². The van der Waals surface area contributed by atoms with Crippen molar-refractivity contribution in [3.8, 4) is 0 Å². The fourth-order valence-electron chi connectivity index (χ4n) is 2.95. The zero-order chi connectivity index (χ0) is 15.5. The Kier molecular flexibility index (Phi) is 4.40. The van der Waals surface area contributed by atoms with Gasteiger partial charge in [-0.25, -0.2) is 0 Å². The number of hydrogen-bond donors (Lipinski definition) is 3. The van der Waals surface area contributed by atoms with Crippen LogP contribution in [0.2, 0.25) is 0 Å². The number of aryl methyl sites for hydroxylation is 1. The summed E-state index contributed by atoms with van der Waals surface area (Å²) in [7, 11) is 0. The number of ether oxygens (including phenoxy) is 1. The Bertz CT molecular complexity index is 588. The van der Waals surface area contributed by atoms with Gasteiger partial charge in [-0.1, -0.05) is 0 Å². The molecule has 0 bridgehead atoms. The summed E-state index contributed by atoms with van der Waals surface area (Å²) < 4.78 is 5.60. The Morgan fingerprint density at radius 2 is 2.23 bits per heavy atom. The highest BCUT2D eigenvalue weighted by Gasteiger charge is 2.29. The van der Waals surface area contributed by atoms with Crippen LogP contribution in [-0.4, -0.2) is 30.6 Å². The van der Waals surface area contributed by atoms with E-state index in [1.54, 1.807) is 6.07 Å². The predicted octanol–water partition coefficient (Wildman–Crippen LogP) is 1.41. The van der Waals surface area contributed by atoms with Gasteiger partial charge >= 0.3 is 0 Å². The third-order valence-electron chi connectivity index (χ3n) is 4.16. The zero-order valence-electron chi connectivity index (χ0n) is 12.4. The number of anilines is 2. The highest BCUT2D eigenvalue weighted by Crippen LogP contribution is 2.26. The van der Waals surface area contributed by atoms with Crippen LogP contribution in [0.1, 0.15) is 31.2 Å². The molecule has 2 amide bonds. The van der Waals surface area contributed by atoms with Gasteiger partial charge in [0, 0.05) is 24.3 Å². The Balaban J connectivity index is 1.67. The van der Waals surface area contributed by atoms with Gasteiger partial charge < -0.3 is 21.1 Å². The Hall–Kier alpha value is -1.92. The van der Waals surface area contributed by atoms with Gasteiger partial charge in [0.05, 0.1) is 6.10 Å². The van der Waals surface area contributed by atoms with E-state index in [4.69, 9.17) is 10.5 Å². The van der Waals surface area contributed by atoms with Crippen LogP contribution in [0.15, 0.2) is 18.2 Å². The molecule has 0 aliphatic carbocycles. The van der Waals surface area contributed by atoms with Crippen molar-refractivity contribution in [1.29, 1.82) is 0 Å². The van der Waals surface area contributed by atoms with Gasteiger partial charge in [0.15, 0.2) is 0 Å². The van der Waals surface area contributed by atoms with Gasteiger partial charge in [-0.3, -0.25) is 9.59 Å². The lowest BCUT2D eigenvalue weighted by Crippen LogP contribution is -2.29. The van der Waals surface area contributed by atoms with Crippen LogP contribution in [0.4, 0.5) is 11.4 Å². The molecule has 1 aromatic rings. The second kappa shape index (κ2) is 6.46. The minimum atomic E-state index is -0.424. The number of hydrogen-bond acceptors (Lipinski definition) is 4. The van der Waals surface area contributed by atoms with Crippen LogP contribution in [0.25, 0.3) is 0 Å². The minimum absolute atomic E-state index is 0.0157. The maximum Gasteiger partial charge on any atom is 0.253 e. The third kappa shape index (κ3) is 3.28. The molecule has 0 spiro atoms. The average Bonchev–Trinajstić information content (AvgIpc) is 2.91. The van der Waals surface area contributed by atoms with Gasteiger partial charge in [0.2, 0.25) is 5.91 Å². The first-order valence-corrected chi connectivity index (χ1v) is 7.75. The maximum atomic E-state index is 12.2. The molecule has 2 heterocycles. The quantitative estimate of drug-likeness (QED) is 0.787. The molecule has 0 saturated carbocycles. The maximum absolute atomic E-state index is 12.2. The van der Waals surface area contributed by atoms with E-state index in [1.165, 1.54) is 0 Å². The lowest BCUT2D eigenvalue weighted by Gasteiger charge is -2.14. The summed E-state index contributed by atoms with van der Waals surface area (Å²) in [5.74, 6) is -0.0868. The van der Waals surface area contributed by atoms with Crippen LogP contribution in [0.3, 0.4) is 0 Å². The Morgan fingerprint density at radius 1 is 1.36 bits per heavy atom. The van der Waals surface area contributed by atoms with Crippen LogP contribution in [-0.2, 0) is 20.7 Å². The molecule has 2 atom stereocenters. The van der Waals surface area contributed by atoms with Crippen molar-refractivity contribution in [3.05, 3.63) is 23.8 Å². The molecule has 0 unspecified atom stereocenters. The lowest BCUT2D eigenvalue weighted by atomic mass is 10.1. The van der Waals surface area contributed by atoms with Crippen molar-refractivity contribution >= 4 is 23.2 Å². The molecule has 118 valence electrons. The van der Waals surface area contributed by atoms with Crippen molar-refractivity contribution in [3.63, 3.8) is 0 Å². The number of nitrogens with one attached hydrogen (secondary N) is 2. The molecule has 4 N–H and O–H groups in total. The topological polar surface area (TPSA) is 93.5 Å². The normalized spacial score (nSPS) is 24.3. The molecule has 1 saturated heterocycles. The highest BCUT2D eigenvalue weighted by atomic mass is 16.5. The van der Waals surface area contributed by atoms with E-state index in [0.29, 0.717) is 19.4 Å². The summed E-state index contributed by atoms with van der Waals surface area (Å²) in [5.41, 5.74) is 8.18. The minimum Gasteiger partial charge on any atom is -0.364 e. The SMILES string of the molecule is NC[C@H]1CC[C@@H](C(=O)Nc2ccc3c(c2)CCCC(=O)N3)O1. The number of amides is 2. The van der Waals surface area contributed by atoms with Crippen molar-refractivity contribution in [1.82, 2.24) is 0 Å². The molecular weight excluding hydrogens is 282 g/mol. The Labute approximate surface area is 129 Å². The van der Waals surface area contributed by atoms with Crippen molar-refractivity contribution in [2.45, 2.75) is 44.3 Å². The monoisotopic (exact) mass is 303 g/mol. The number of carbonyl (C=O) groups excluding carboxylic acids is 2. The molecule has 22 heavy (non-hydrogen) atoms. The summed E-state index contributed by atoms with van der Waals surface area (Å²) in [5, 5.41) is 5.77. The molecule has 2 aliphatic rings. The van der Waals surface area contributed by atoms with E-state index in [1.807, 2.05) is 12.1 Å². The first-order valence-electron chi connectivity index (χ1n) is 7.75. The third-order valence-corrected chi connectivity index (χ3v) is 4.16. The van der Waals surface area contributed by atoms with E-state index in [-0.39, 0.29) is 17.9 Å². The zero-order valence-corrected chi connectivity index (χ0v) is 12.4. The van der Waals surface area contributed by atoms with Gasteiger partial charge in [-0.2, -0.15) is 0 Å². The summed E-state index contributed by atoms with van der Waals surface area (Å²) in [6.07, 6.45) is 3.27. The summed E-state index contributed by atoms with van der Waals surface area (Å²) in [4.78, 5) is 23.8. The number of fused-ring (bicyclic) bond motifs is 1. The van der Waals surface area contributed by atoms with Crippen LogP contribution < -0.4 is 16.4 Å². The summed E-state index contributed by atoms with van der Waals surface area (Å²) >= 11 is 0. The molecule has 6 nitrogen and oxygen atoms in total. The second-order valence-electron chi connectivity index (χ2n) is 5.82. The van der Waals surface area contributed by atoms with Gasteiger partial charge in [-0.15, -0.1) is 0 Å². The fraction of sp³-hybridized carbons (Fsp3) is 0.500. The van der Waals surface area contributed by atoms with Crippen LogP contribution in [0.5, 0.6) is 0 Å². The fourth-order valence-corrected chi connectivity index (χ4v) is 2.95. The van der Waals surface area contributed by atoms with E-state index < -0.39 is 6.10 Å². The van der Waals surface area contributed by atoms with Crippen LogP contribution >= 0.6 is 0 Å². The molecule has 1 fully saturated rings. The van der Waals surface area contributed by atoms with E-state index in [0.717, 1.165) is 36.2 Å².